The van der Waals surface area contributed by atoms with E-state index in [0.717, 1.165) is 12.0 Å². The zero-order chi connectivity index (χ0) is 14.6. The van der Waals surface area contributed by atoms with E-state index in [1.807, 2.05) is 13.0 Å². The minimum absolute atomic E-state index is 0.00374. The first-order valence-corrected chi connectivity index (χ1v) is 6.98. The smallest absolute Gasteiger partial charge is 0.253 e. The van der Waals surface area contributed by atoms with E-state index in [1.165, 1.54) is 0 Å². The molecule has 4 heteroatoms. The molecule has 0 aliphatic heterocycles. The van der Waals surface area contributed by atoms with Crippen LogP contribution in [-0.4, -0.2) is 30.4 Å². The zero-order valence-corrected chi connectivity index (χ0v) is 12.9. The van der Waals surface area contributed by atoms with Crippen molar-refractivity contribution in [2.24, 2.45) is 11.7 Å². The van der Waals surface area contributed by atoms with Crippen LogP contribution in [0.5, 0.6) is 0 Å². The Bertz CT molecular complexity index is 446. The maximum Gasteiger partial charge on any atom is 0.253 e. The van der Waals surface area contributed by atoms with Crippen molar-refractivity contribution in [2.45, 2.75) is 33.2 Å². The van der Waals surface area contributed by atoms with E-state index in [2.05, 4.69) is 13.8 Å². The molecule has 0 saturated heterocycles. The standard InChI is InChI=1S/C15H23ClN2O/c1-10(2)14(17)8-9-18(4)15(19)12-6-5-7-13(16)11(12)3/h5-7,10,14H,8-9,17H2,1-4H3. The molecule has 0 heterocycles. The third-order valence-electron chi connectivity index (χ3n) is 3.50. The summed E-state index contributed by atoms with van der Waals surface area (Å²) >= 11 is 6.04. The number of nitrogens with zero attached hydrogens (tertiary/aromatic N) is 1. The fourth-order valence-corrected chi connectivity index (χ4v) is 2.00. The van der Waals surface area contributed by atoms with Crippen molar-refractivity contribution in [2.75, 3.05) is 13.6 Å². The van der Waals surface area contributed by atoms with Crippen LogP contribution in [0, 0.1) is 12.8 Å². The molecule has 19 heavy (non-hydrogen) atoms. The molecule has 3 nitrogen and oxygen atoms in total. The van der Waals surface area contributed by atoms with Crippen molar-refractivity contribution in [1.82, 2.24) is 4.90 Å². The Kier molecular flexibility index (Phi) is 5.83. The van der Waals surface area contributed by atoms with E-state index in [0.29, 0.717) is 23.0 Å². The monoisotopic (exact) mass is 282 g/mol. The van der Waals surface area contributed by atoms with Gasteiger partial charge in [-0.25, -0.2) is 0 Å². The normalized spacial score (nSPS) is 12.6. The number of carbonyl (C=O) groups is 1. The summed E-state index contributed by atoms with van der Waals surface area (Å²) in [5.41, 5.74) is 7.49. The fourth-order valence-electron chi connectivity index (χ4n) is 1.82. The number of halogens is 1. The second-order valence-corrected chi connectivity index (χ2v) is 5.74. The number of hydrogen-bond donors (Lipinski definition) is 1. The zero-order valence-electron chi connectivity index (χ0n) is 12.1. The van der Waals surface area contributed by atoms with Gasteiger partial charge in [-0.1, -0.05) is 31.5 Å². The van der Waals surface area contributed by atoms with Crippen LogP contribution in [0.4, 0.5) is 0 Å². The summed E-state index contributed by atoms with van der Waals surface area (Å²) in [7, 11) is 1.80. The average molecular weight is 283 g/mol. The van der Waals surface area contributed by atoms with Gasteiger partial charge in [-0.15, -0.1) is 0 Å². The van der Waals surface area contributed by atoms with Crippen LogP contribution in [-0.2, 0) is 0 Å². The lowest BCUT2D eigenvalue weighted by molar-refractivity contribution is 0.0788. The van der Waals surface area contributed by atoms with Crippen LogP contribution in [0.3, 0.4) is 0 Å². The van der Waals surface area contributed by atoms with Crippen LogP contribution in [0.1, 0.15) is 36.2 Å². The molecule has 1 aromatic rings. The molecular weight excluding hydrogens is 260 g/mol. The molecule has 1 aromatic carbocycles. The van der Waals surface area contributed by atoms with Crippen LogP contribution in [0.25, 0.3) is 0 Å². The third-order valence-corrected chi connectivity index (χ3v) is 3.91. The first kappa shape index (κ1) is 16.0. The molecular formula is C15H23ClN2O. The fraction of sp³-hybridized carbons (Fsp3) is 0.533. The molecule has 0 radical (unpaired) electrons. The number of benzene rings is 1. The molecule has 106 valence electrons. The van der Waals surface area contributed by atoms with Crippen molar-refractivity contribution in [3.63, 3.8) is 0 Å². The lowest BCUT2D eigenvalue weighted by atomic mass is 10.0. The summed E-state index contributed by atoms with van der Waals surface area (Å²) < 4.78 is 0. The molecule has 0 bridgehead atoms. The predicted molar refractivity (Wildman–Crippen MR) is 80.6 cm³/mol. The Balaban J connectivity index is 2.69. The van der Waals surface area contributed by atoms with Gasteiger partial charge in [0.25, 0.3) is 5.91 Å². The van der Waals surface area contributed by atoms with Crippen molar-refractivity contribution in [1.29, 1.82) is 0 Å². The van der Waals surface area contributed by atoms with Crippen molar-refractivity contribution in [3.05, 3.63) is 34.3 Å². The van der Waals surface area contributed by atoms with Gasteiger partial charge in [0.2, 0.25) is 0 Å². The molecule has 1 rings (SSSR count). The van der Waals surface area contributed by atoms with Crippen LogP contribution in [0.2, 0.25) is 5.02 Å². The van der Waals surface area contributed by atoms with Gasteiger partial charge >= 0.3 is 0 Å². The van der Waals surface area contributed by atoms with Crippen molar-refractivity contribution in [3.8, 4) is 0 Å². The van der Waals surface area contributed by atoms with Gasteiger partial charge in [0, 0.05) is 30.2 Å². The molecule has 0 saturated carbocycles. The quantitative estimate of drug-likeness (QED) is 0.902. The number of carbonyl (C=O) groups excluding carboxylic acids is 1. The second-order valence-electron chi connectivity index (χ2n) is 5.34. The van der Waals surface area contributed by atoms with Crippen molar-refractivity contribution >= 4 is 17.5 Å². The third kappa shape index (κ3) is 4.22. The number of amides is 1. The molecule has 0 aliphatic carbocycles. The van der Waals surface area contributed by atoms with Gasteiger partial charge < -0.3 is 10.6 Å². The highest BCUT2D eigenvalue weighted by atomic mass is 35.5. The Hall–Kier alpha value is -1.06. The summed E-state index contributed by atoms with van der Waals surface area (Å²) in [6.07, 6.45) is 0.805. The largest absolute Gasteiger partial charge is 0.342 e. The summed E-state index contributed by atoms with van der Waals surface area (Å²) in [6, 6.07) is 5.52. The first-order valence-electron chi connectivity index (χ1n) is 6.60. The molecule has 0 aromatic heterocycles. The summed E-state index contributed by atoms with van der Waals surface area (Å²) in [6.45, 7) is 6.70. The maximum absolute atomic E-state index is 12.3. The van der Waals surface area contributed by atoms with E-state index in [-0.39, 0.29) is 11.9 Å². The molecule has 1 amide bonds. The average Bonchev–Trinajstić information content (AvgIpc) is 2.37. The highest BCUT2D eigenvalue weighted by molar-refractivity contribution is 6.31. The Morgan fingerprint density at radius 2 is 2.05 bits per heavy atom. The van der Waals surface area contributed by atoms with Crippen LogP contribution < -0.4 is 5.73 Å². The molecule has 0 aliphatic rings. The lowest BCUT2D eigenvalue weighted by Gasteiger charge is -2.22. The van der Waals surface area contributed by atoms with Gasteiger partial charge in [-0.3, -0.25) is 4.79 Å². The van der Waals surface area contributed by atoms with Gasteiger partial charge in [-0.05, 0) is 37.0 Å². The Morgan fingerprint density at radius 3 is 2.63 bits per heavy atom. The molecule has 1 unspecified atom stereocenters. The van der Waals surface area contributed by atoms with Gasteiger partial charge in [0.15, 0.2) is 0 Å². The van der Waals surface area contributed by atoms with Gasteiger partial charge in [-0.2, -0.15) is 0 Å². The topological polar surface area (TPSA) is 46.3 Å². The number of rotatable bonds is 5. The summed E-state index contributed by atoms with van der Waals surface area (Å²) in [4.78, 5) is 14.0. The van der Waals surface area contributed by atoms with E-state index >= 15 is 0 Å². The van der Waals surface area contributed by atoms with E-state index in [4.69, 9.17) is 17.3 Å². The SMILES string of the molecule is Cc1c(Cl)cccc1C(=O)N(C)CCC(N)C(C)C. The highest BCUT2D eigenvalue weighted by Crippen LogP contribution is 2.20. The summed E-state index contributed by atoms with van der Waals surface area (Å²) in [5, 5.41) is 0.623. The number of nitrogens with two attached hydrogens (primary N) is 1. The van der Waals surface area contributed by atoms with Crippen LogP contribution >= 0.6 is 11.6 Å². The van der Waals surface area contributed by atoms with Crippen molar-refractivity contribution < 1.29 is 4.79 Å². The minimum atomic E-state index is -0.00374. The molecule has 0 spiro atoms. The summed E-state index contributed by atoms with van der Waals surface area (Å²) in [5.74, 6) is 0.423. The van der Waals surface area contributed by atoms with Crippen LogP contribution in [0.15, 0.2) is 18.2 Å². The van der Waals surface area contributed by atoms with Gasteiger partial charge in [0.1, 0.15) is 0 Å². The highest BCUT2D eigenvalue weighted by Gasteiger charge is 2.16. The molecule has 1 atom stereocenters. The Morgan fingerprint density at radius 1 is 1.42 bits per heavy atom. The molecule has 2 N–H and O–H groups in total. The minimum Gasteiger partial charge on any atom is -0.342 e. The van der Waals surface area contributed by atoms with E-state index in [1.54, 1.807) is 24.1 Å². The lowest BCUT2D eigenvalue weighted by Crippen LogP contribution is -2.34. The number of hydrogen-bond acceptors (Lipinski definition) is 2. The first-order chi connectivity index (χ1) is 8.84. The molecule has 0 fully saturated rings. The second kappa shape index (κ2) is 6.92. The Labute approximate surface area is 120 Å². The predicted octanol–water partition coefficient (Wildman–Crippen LogP) is 3.09. The van der Waals surface area contributed by atoms with E-state index < -0.39 is 0 Å². The van der Waals surface area contributed by atoms with Gasteiger partial charge in [0.05, 0.1) is 0 Å². The van der Waals surface area contributed by atoms with E-state index in [9.17, 15) is 4.79 Å². The maximum atomic E-state index is 12.3.